The Morgan fingerprint density at radius 3 is 3.05 bits per heavy atom. The molecule has 0 bridgehead atoms. The number of nitrogens with two attached hydrogens (primary N) is 1. The Kier molecular flexibility index (Phi) is 3.53. The van der Waals surface area contributed by atoms with Gasteiger partial charge in [-0.1, -0.05) is 11.6 Å². The minimum Gasteiger partial charge on any atom is -0.489 e. The van der Waals surface area contributed by atoms with Gasteiger partial charge in [0, 0.05) is 17.2 Å². The van der Waals surface area contributed by atoms with Crippen molar-refractivity contribution in [2.75, 3.05) is 11.5 Å². The molecule has 5 heteroatoms. The van der Waals surface area contributed by atoms with Crippen LogP contribution in [0.1, 0.15) is 5.56 Å². The summed E-state index contributed by atoms with van der Waals surface area (Å²) in [5.74, 6) is 1.81. The molecule has 3 nitrogen and oxygen atoms in total. The van der Waals surface area contributed by atoms with E-state index in [0.717, 1.165) is 28.0 Å². The summed E-state index contributed by atoms with van der Waals surface area (Å²) in [7, 11) is 0. The van der Waals surface area contributed by atoms with E-state index in [0.29, 0.717) is 5.69 Å². The second kappa shape index (κ2) is 5.31. The predicted octanol–water partition coefficient (Wildman–Crippen LogP) is 3.41. The molecule has 2 aromatic rings. The third-order valence-electron chi connectivity index (χ3n) is 2.94. The summed E-state index contributed by atoms with van der Waals surface area (Å²) in [6, 6.07) is 9.56. The van der Waals surface area contributed by atoms with Crippen molar-refractivity contribution in [2.24, 2.45) is 0 Å². The Balaban J connectivity index is 1.60. The number of aromatic nitrogens is 1. The fourth-order valence-corrected chi connectivity index (χ4v) is 3.07. The highest BCUT2D eigenvalue weighted by molar-refractivity contribution is 7.99. The molecule has 2 heterocycles. The Morgan fingerprint density at radius 2 is 2.26 bits per heavy atom. The van der Waals surface area contributed by atoms with Crippen molar-refractivity contribution in [2.45, 2.75) is 17.6 Å². The van der Waals surface area contributed by atoms with Gasteiger partial charge in [0.1, 0.15) is 11.9 Å². The van der Waals surface area contributed by atoms with Gasteiger partial charge < -0.3 is 10.5 Å². The van der Waals surface area contributed by atoms with Crippen LogP contribution < -0.4 is 10.5 Å². The lowest BCUT2D eigenvalue weighted by molar-refractivity contribution is 0.259. The van der Waals surface area contributed by atoms with Crippen LogP contribution >= 0.6 is 23.4 Å². The van der Waals surface area contributed by atoms with Gasteiger partial charge in [-0.15, -0.1) is 11.8 Å². The standard InChI is InChI=1S/C14H13ClN2OS/c15-10-1-3-13-9(5-10)6-12(18-13)8-19-14-4-2-11(16)7-17-14/h1-5,7,12H,6,8,16H2. The number of hydrogen-bond donors (Lipinski definition) is 1. The van der Waals surface area contributed by atoms with Crippen molar-refractivity contribution >= 4 is 29.1 Å². The molecule has 1 aromatic carbocycles. The van der Waals surface area contributed by atoms with Crippen LogP contribution in [0.3, 0.4) is 0 Å². The third kappa shape index (κ3) is 2.96. The molecule has 1 atom stereocenters. The average Bonchev–Trinajstić information content (AvgIpc) is 2.80. The largest absolute Gasteiger partial charge is 0.489 e. The number of pyridine rings is 1. The number of nitrogen functional groups attached to an aromatic ring is 1. The first-order chi connectivity index (χ1) is 9.20. The molecule has 1 unspecified atom stereocenters. The Hall–Kier alpha value is -1.39. The Morgan fingerprint density at radius 1 is 1.37 bits per heavy atom. The van der Waals surface area contributed by atoms with Crippen molar-refractivity contribution in [3.63, 3.8) is 0 Å². The molecular weight excluding hydrogens is 280 g/mol. The van der Waals surface area contributed by atoms with E-state index in [4.69, 9.17) is 22.1 Å². The molecule has 19 heavy (non-hydrogen) atoms. The van der Waals surface area contributed by atoms with Crippen molar-refractivity contribution in [1.29, 1.82) is 0 Å². The summed E-state index contributed by atoms with van der Waals surface area (Å²) in [4.78, 5) is 4.26. The molecular formula is C14H13ClN2OS. The van der Waals surface area contributed by atoms with Gasteiger partial charge in [-0.2, -0.15) is 0 Å². The average molecular weight is 293 g/mol. The van der Waals surface area contributed by atoms with Crippen LogP contribution in [0.15, 0.2) is 41.6 Å². The summed E-state index contributed by atoms with van der Waals surface area (Å²) < 4.78 is 5.88. The van der Waals surface area contributed by atoms with E-state index in [-0.39, 0.29) is 6.10 Å². The summed E-state index contributed by atoms with van der Waals surface area (Å²) in [5, 5.41) is 1.72. The number of benzene rings is 1. The normalized spacial score (nSPS) is 17.0. The molecule has 0 amide bonds. The Bertz CT molecular complexity index is 588. The molecule has 2 N–H and O–H groups in total. The molecule has 0 aliphatic carbocycles. The molecule has 98 valence electrons. The number of fused-ring (bicyclic) bond motifs is 1. The molecule has 1 aliphatic rings. The first-order valence-electron chi connectivity index (χ1n) is 6.00. The smallest absolute Gasteiger partial charge is 0.123 e. The number of ether oxygens (including phenoxy) is 1. The van der Waals surface area contributed by atoms with E-state index in [1.165, 1.54) is 5.56 Å². The zero-order valence-corrected chi connectivity index (χ0v) is 11.7. The van der Waals surface area contributed by atoms with Crippen LogP contribution in [0.2, 0.25) is 5.02 Å². The van der Waals surface area contributed by atoms with Gasteiger partial charge in [0.2, 0.25) is 0 Å². The number of nitrogens with zero attached hydrogens (tertiary/aromatic N) is 1. The maximum atomic E-state index is 5.98. The second-order valence-electron chi connectivity index (χ2n) is 4.44. The zero-order chi connectivity index (χ0) is 13.2. The first kappa shape index (κ1) is 12.6. The number of anilines is 1. The summed E-state index contributed by atoms with van der Waals surface area (Å²) in [5.41, 5.74) is 7.48. The first-order valence-corrected chi connectivity index (χ1v) is 7.36. The van der Waals surface area contributed by atoms with Gasteiger partial charge in [-0.3, -0.25) is 0 Å². The SMILES string of the molecule is Nc1ccc(SCC2Cc3cc(Cl)ccc3O2)nc1. The van der Waals surface area contributed by atoms with Crippen molar-refractivity contribution in [3.05, 3.63) is 47.1 Å². The molecule has 0 saturated carbocycles. The summed E-state index contributed by atoms with van der Waals surface area (Å²) >= 11 is 7.65. The lowest BCUT2D eigenvalue weighted by Gasteiger charge is -2.09. The van der Waals surface area contributed by atoms with Gasteiger partial charge in [-0.25, -0.2) is 4.98 Å². The van der Waals surface area contributed by atoms with Crippen LogP contribution in [0.5, 0.6) is 5.75 Å². The van der Waals surface area contributed by atoms with E-state index in [1.54, 1.807) is 18.0 Å². The third-order valence-corrected chi connectivity index (χ3v) is 4.25. The van der Waals surface area contributed by atoms with Crippen molar-refractivity contribution < 1.29 is 4.74 Å². The molecule has 0 spiro atoms. The molecule has 0 saturated heterocycles. The minimum absolute atomic E-state index is 0.179. The highest BCUT2D eigenvalue weighted by Gasteiger charge is 2.23. The number of hydrogen-bond acceptors (Lipinski definition) is 4. The monoisotopic (exact) mass is 292 g/mol. The maximum absolute atomic E-state index is 5.98. The lowest BCUT2D eigenvalue weighted by atomic mass is 10.1. The number of rotatable bonds is 3. The van der Waals surface area contributed by atoms with Crippen LogP contribution in [0.25, 0.3) is 0 Å². The van der Waals surface area contributed by atoms with Crippen LogP contribution in [0.4, 0.5) is 5.69 Å². The van der Waals surface area contributed by atoms with E-state index in [9.17, 15) is 0 Å². The maximum Gasteiger partial charge on any atom is 0.123 e. The van der Waals surface area contributed by atoms with E-state index < -0.39 is 0 Å². The van der Waals surface area contributed by atoms with Gasteiger partial charge in [-0.05, 0) is 35.9 Å². The Labute approximate surface area is 121 Å². The minimum atomic E-state index is 0.179. The van der Waals surface area contributed by atoms with Crippen LogP contribution in [-0.4, -0.2) is 16.8 Å². The van der Waals surface area contributed by atoms with Crippen molar-refractivity contribution in [1.82, 2.24) is 4.98 Å². The molecule has 0 fully saturated rings. The van der Waals surface area contributed by atoms with Crippen molar-refractivity contribution in [3.8, 4) is 5.75 Å². The molecule has 0 radical (unpaired) electrons. The molecule has 3 rings (SSSR count). The fraction of sp³-hybridized carbons (Fsp3) is 0.214. The van der Waals surface area contributed by atoms with E-state index in [2.05, 4.69) is 4.98 Å². The second-order valence-corrected chi connectivity index (χ2v) is 5.91. The van der Waals surface area contributed by atoms with Gasteiger partial charge >= 0.3 is 0 Å². The number of thioether (sulfide) groups is 1. The fourth-order valence-electron chi connectivity index (χ4n) is 2.04. The van der Waals surface area contributed by atoms with Crippen LogP contribution in [-0.2, 0) is 6.42 Å². The highest BCUT2D eigenvalue weighted by Crippen LogP contribution is 2.33. The predicted molar refractivity (Wildman–Crippen MR) is 78.9 cm³/mol. The summed E-state index contributed by atoms with van der Waals surface area (Å²) in [6.07, 6.45) is 2.75. The highest BCUT2D eigenvalue weighted by atomic mass is 35.5. The van der Waals surface area contributed by atoms with E-state index >= 15 is 0 Å². The quantitative estimate of drug-likeness (QED) is 0.881. The zero-order valence-electron chi connectivity index (χ0n) is 10.2. The summed E-state index contributed by atoms with van der Waals surface area (Å²) in [6.45, 7) is 0. The van der Waals surface area contributed by atoms with E-state index in [1.807, 2.05) is 30.3 Å². The topological polar surface area (TPSA) is 48.1 Å². The number of halogens is 1. The molecule has 1 aromatic heterocycles. The van der Waals surface area contributed by atoms with Gasteiger partial charge in [0.15, 0.2) is 0 Å². The lowest BCUT2D eigenvalue weighted by Crippen LogP contribution is -2.15. The molecule has 1 aliphatic heterocycles. The van der Waals surface area contributed by atoms with Gasteiger partial charge in [0.25, 0.3) is 0 Å². The van der Waals surface area contributed by atoms with Crippen LogP contribution in [0, 0.1) is 0 Å². The van der Waals surface area contributed by atoms with Gasteiger partial charge in [0.05, 0.1) is 16.9 Å².